The Labute approximate surface area is 220 Å². The van der Waals surface area contributed by atoms with Gasteiger partial charge in [0.2, 0.25) is 0 Å². The summed E-state index contributed by atoms with van der Waals surface area (Å²) < 4.78 is 25.2. The average molecular weight is 515 g/mol. The molecule has 1 saturated heterocycles. The number of aryl methyl sites for hydroxylation is 1. The van der Waals surface area contributed by atoms with Crippen molar-refractivity contribution in [2.45, 2.75) is 26.9 Å². The number of nitrogens with one attached hydrogen (secondary N) is 1. The van der Waals surface area contributed by atoms with Crippen molar-refractivity contribution in [2.75, 3.05) is 11.5 Å². The third kappa shape index (κ3) is 5.64. The molecule has 1 aliphatic heterocycles. The number of nitrogens with zero attached hydrogens (tertiary/aromatic N) is 1. The molecule has 0 radical (unpaired) electrons. The van der Waals surface area contributed by atoms with Crippen molar-refractivity contribution in [3.8, 4) is 11.5 Å². The Bertz CT molecular complexity index is 1430. The van der Waals surface area contributed by atoms with Crippen LogP contribution in [0.2, 0.25) is 0 Å². The Morgan fingerprint density at radius 1 is 1.03 bits per heavy atom. The number of rotatable bonds is 9. The number of para-hydroxylation sites is 1. The van der Waals surface area contributed by atoms with E-state index >= 15 is 0 Å². The zero-order valence-electron chi connectivity index (χ0n) is 21.1. The van der Waals surface area contributed by atoms with Gasteiger partial charge in [0.1, 0.15) is 18.0 Å². The maximum absolute atomic E-state index is 13.4. The lowest BCUT2D eigenvalue weighted by Crippen LogP contribution is -2.54. The number of allylic oxidation sites excluding steroid dienone is 1. The smallest absolute Gasteiger partial charge is 0.335 e. The van der Waals surface area contributed by atoms with E-state index in [9.17, 15) is 18.8 Å². The molecule has 1 aliphatic rings. The van der Waals surface area contributed by atoms with Gasteiger partial charge in [0, 0.05) is 5.56 Å². The molecule has 0 aromatic heterocycles. The first kappa shape index (κ1) is 26.3. The van der Waals surface area contributed by atoms with Gasteiger partial charge in [0.05, 0.1) is 12.3 Å². The highest BCUT2D eigenvalue weighted by Crippen LogP contribution is 2.36. The van der Waals surface area contributed by atoms with Gasteiger partial charge in [-0.25, -0.2) is 14.1 Å². The number of carbonyl (C=O) groups excluding carboxylic acids is 3. The molecular weight excluding hydrogens is 487 g/mol. The van der Waals surface area contributed by atoms with Crippen molar-refractivity contribution >= 4 is 29.6 Å². The van der Waals surface area contributed by atoms with Gasteiger partial charge in [-0.1, -0.05) is 36.4 Å². The summed E-state index contributed by atoms with van der Waals surface area (Å²) in [6, 6.07) is 15.5. The quantitative estimate of drug-likeness (QED) is 0.231. The minimum Gasteiger partial charge on any atom is -0.490 e. The zero-order chi connectivity index (χ0) is 27.2. The number of urea groups is 1. The van der Waals surface area contributed by atoms with Gasteiger partial charge in [-0.2, -0.15) is 0 Å². The van der Waals surface area contributed by atoms with E-state index in [1.165, 1.54) is 18.2 Å². The molecule has 3 aromatic rings. The van der Waals surface area contributed by atoms with Crippen LogP contribution in [0.3, 0.4) is 0 Å². The molecule has 1 N–H and O–H groups in total. The Kier molecular flexibility index (Phi) is 8.01. The fourth-order valence-electron chi connectivity index (χ4n) is 4.09. The normalized spacial score (nSPS) is 14.4. The number of amides is 4. The second-order valence-electron chi connectivity index (χ2n) is 8.59. The third-order valence-electron chi connectivity index (χ3n) is 5.88. The van der Waals surface area contributed by atoms with E-state index in [2.05, 4.69) is 11.9 Å². The van der Waals surface area contributed by atoms with Crippen LogP contribution >= 0.6 is 0 Å². The lowest BCUT2D eigenvalue weighted by atomic mass is 10.0. The summed E-state index contributed by atoms with van der Waals surface area (Å²) in [4.78, 5) is 39.6. The zero-order valence-corrected chi connectivity index (χ0v) is 21.1. The number of carbonyl (C=O) groups is 3. The fourth-order valence-corrected chi connectivity index (χ4v) is 4.09. The molecule has 4 amide bonds. The lowest BCUT2D eigenvalue weighted by molar-refractivity contribution is -0.122. The number of barbiturate groups is 1. The first-order valence-corrected chi connectivity index (χ1v) is 12.1. The Morgan fingerprint density at radius 2 is 1.76 bits per heavy atom. The average Bonchev–Trinajstić information content (AvgIpc) is 2.88. The first-order valence-electron chi connectivity index (χ1n) is 12.1. The van der Waals surface area contributed by atoms with Crippen LogP contribution in [-0.2, 0) is 22.6 Å². The Balaban J connectivity index is 1.72. The van der Waals surface area contributed by atoms with Gasteiger partial charge in [-0.15, -0.1) is 6.58 Å². The van der Waals surface area contributed by atoms with Gasteiger partial charge in [0.15, 0.2) is 11.5 Å². The van der Waals surface area contributed by atoms with E-state index in [1.54, 1.807) is 61.5 Å². The first-order chi connectivity index (χ1) is 18.3. The molecule has 0 unspecified atom stereocenters. The van der Waals surface area contributed by atoms with Crippen LogP contribution < -0.4 is 19.7 Å². The fraction of sp³-hybridized carbons (Fsp3) is 0.167. The molecule has 0 saturated carbocycles. The second-order valence-corrected chi connectivity index (χ2v) is 8.59. The molecule has 8 heteroatoms. The number of hydrogen-bond acceptors (Lipinski definition) is 5. The van der Waals surface area contributed by atoms with Crippen LogP contribution in [-0.4, -0.2) is 24.5 Å². The van der Waals surface area contributed by atoms with Crippen molar-refractivity contribution in [1.29, 1.82) is 0 Å². The lowest BCUT2D eigenvalue weighted by Gasteiger charge is -2.27. The molecular formula is C30H27FN2O5. The second kappa shape index (κ2) is 11.6. The number of imide groups is 2. The van der Waals surface area contributed by atoms with Crippen LogP contribution in [0.5, 0.6) is 11.5 Å². The van der Waals surface area contributed by atoms with Crippen molar-refractivity contribution < 1.29 is 28.2 Å². The van der Waals surface area contributed by atoms with Crippen LogP contribution in [0.25, 0.3) is 6.08 Å². The number of halogens is 1. The molecule has 0 bridgehead atoms. The molecule has 0 aliphatic carbocycles. The summed E-state index contributed by atoms with van der Waals surface area (Å²) in [5.41, 5.74) is 2.90. The van der Waals surface area contributed by atoms with Crippen molar-refractivity contribution in [3.05, 3.63) is 107 Å². The number of ether oxygens (including phenoxy) is 2. The molecule has 1 fully saturated rings. The molecule has 1 heterocycles. The third-order valence-corrected chi connectivity index (χ3v) is 5.88. The topological polar surface area (TPSA) is 84.9 Å². The van der Waals surface area contributed by atoms with E-state index in [0.29, 0.717) is 41.3 Å². The Hall–Kier alpha value is -4.72. The van der Waals surface area contributed by atoms with E-state index in [0.717, 1.165) is 16.0 Å². The summed E-state index contributed by atoms with van der Waals surface area (Å²) in [7, 11) is 0. The predicted octanol–water partition coefficient (Wildman–Crippen LogP) is 5.51. The summed E-state index contributed by atoms with van der Waals surface area (Å²) >= 11 is 0. The Morgan fingerprint density at radius 3 is 2.45 bits per heavy atom. The maximum atomic E-state index is 13.4. The van der Waals surface area contributed by atoms with Crippen molar-refractivity contribution in [3.63, 3.8) is 0 Å². The van der Waals surface area contributed by atoms with Gasteiger partial charge in [-0.3, -0.25) is 14.9 Å². The van der Waals surface area contributed by atoms with Crippen LogP contribution in [0, 0.1) is 12.7 Å². The number of hydrogen-bond donors (Lipinski definition) is 1. The van der Waals surface area contributed by atoms with E-state index in [-0.39, 0.29) is 18.0 Å². The molecule has 3 aromatic carbocycles. The molecule has 38 heavy (non-hydrogen) atoms. The van der Waals surface area contributed by atoms with Gasteiger partial charge >= 0.3 is 6.03 Å². The van der Waals surface area contributed by atoms with Crippen LogP contribution in [0.1, 0.15) is 29.2 Å². The van der Waals surface area contributed by atoms with Crippen LogP contribution in [0.15, 0.2) is 78.9 Å². The number of anilines is 1. The molecule has 4 rings (SSSR count). The largest absolute Gasteiger partial charge is 0.490 e. The summed E-state index contributed by atoms with van der Waals surface area (Å²) in [5.74, 6) is -0.958. The SMILES string of the molecule is C=CCc1cc(/C=C2\C(=O)NC(=O)N(c3ccccc3C)C2=O)cc(OCC)c1OCc1ccc(F)cc1. The highest BCUT2D eigenvalue weighted by atomic mass is 19.1. The van der Waals surface area contributed by atoms with E-state index in [1.807, 2.05) is 6.92 Å². The molecule has 7 nitrogen and oxygen atoms in total. The molecule has 0 atom stereocenters. The minimum atomic E-state index is -0.807. The number of benzene rings is 3. The van der Waals surface area contributed by atoms with Crippen molar-refractivity contribution in [2.24, 2.45) is 0 Å². The standard InChI is InChI=1S/C30H27FN2O5/c1-4-8-22-15-21(17-26(37-5-2)27(22)38-18-20-11-13-23(31)14-12-20)16-24-28(34)32-30(36)33(29(24)35)25-10-7-6-9-19(25)3/h4,6-7,9-17H,1,5,8,18H2,2-3H3,(H,32,34,36)/b24-16+. The van der Waals surface area contributed by atoms with Gasteiger partial charge in [0.25, 0.3) is 11.8 Å². The summed E-state index contributed by atoms with van der Waals surface area (Å²) in [6.07, 6.45) is 3.54. The van der Waals surface area contributed by atoms with Crippen LogP contribution in [0.4, 0.5) is 14.9 Å². The highest BCUT2D eigenvalue weighted by Gasteiger charge is 2.37. The van der Waals surface area contributed by atoms with E-state index < -0.39 is 17.8 Å². The summed E-state index contributed by atoms with van der Waals surface area (Å²) in [5, 5.41) is 2.25. The highest BCUT2D eigenvalue weighted by molar-refractivity contribution is 6.39. The van der Waals surface area contributed by atoms with Gasteiger partial charge < -0.3 is 9.47 Å². The predicted molar refractivity (Wildman–Crippen MR) is 142 cm³/mol. The van der Waals surface area contributed by atoms with Crippen molar-refractivity contribution in [1.82, 2.24) is 5.32 Å². The van der Waals surface area contributed by atoms with Gasteiger partial charge in [-0.05, 0) is 73.4 Å². The molecule has 0 spiro atoms. The van der Waals surface area contributed by atoms with E-state index in [4.69, 9.17) is 9.47 Å². The summed E-state index contributed by atoms with van der Waals surface area (Å²) in [6.45, 7) is 7.94. The molecule has 194 valence electrons. The maximum Gasteiger partial charge on any atom is 0.335 e. The minimum absolute atomic E-state index is 0.180. The monoisotopic (exact) mass is 514 g/mol.